The molecule has 0 saturated carbocycles. The molecular formula is C66H47NO8. The molecule has 9 nitrogen and oxygen atoms in total. The van der Waals surface area contributed by atoms with E-state index in [4.69, 9.17) is 0 Å². The highest BCUT2D eigenvalue weighted by Gasteiger charge is 2.35. The van der Waals surface area contributed by atoms with Crippen molar-refractivity contribution in [2.45, 2.75) is 0 Å². The lowest BCUT2D eigenvalue weighted by molar-refractivity contribution is 0.372. The highest BCUT2D eigenvalue weighted by molar-refractivity contribution is 6.00. The van der Waals surface area contributed by atoms with Crippen molar-refractivity contribution in [3.63, 3.8) is 0 Å². The number of rotatable bonds is 11. The Balaban J connectivity index is 1.11. The predicted molar refractivity (Wildman–Crippen MR) is 298 cm³/mol. The molecule has 0 aromatic heterocycles. The van der Waals surface area contributed by atoms with Crippen LogP contribution in [0.1, 0.15) is 0 Å². The van der Waals surface area contributed by atoms with Crippen LogP contribution in [-0.4, -0.2) is 40.9 Å². The van der Waals surface area contributed by atoms with E-state index >= 15 is 0 Å². The second kappa shape index (κ2) is 19.7. The van der Waals surface area contributed by atoms with Gasteiger partial charge in [-0.25, -0.2) is 0 Å². The predicted octanol–water partition coefficient (Wildman–Crippen LogP) is 16.1. The molecule has 11 rings (SSSR count). The van der Waals surface area contributed by atoms with Crippen LogP contribution >= 0.6 is 0 Å². The maximum Gasteiger partial charge on any atom is 0.186 e. The number of hydrogen-bond donors (Lipinski definition) is 8. The van der Waals surface area contributed by atoms with Gasteiger partial charge in [0, 0.05) is 5.69 Å². The largest absolute Gasteiger partial charge is 0.504 e. The summed E-state index contributed by atoms with van der Waals surface area (Å²) in [5.74, 6) is -7.19. The van der Waals surface area contributed by atoms with Gasteiger partial charge >= 0.3 is 0 Å². The molecule has 75 heavy (non-hydrogen) atoms. The lowest BCUT2D eigenvalue weighted by atomic mass is 9.89. The van der Waals surface area contributed by atoms with Crippen molar-refractivity contribution in [3.05, 3.63) is 237 Å². The highest BCUT2D eigenvalue weighted by Crippen LogP contribution is 2.63. The van der Waals surface area contributed by atoms with Gasteiger partial charge in [0.2, 0.25) is 0 Å². The van der Waals surface area contributed by atoms with Crippen molar-refractivity contribution in [1.29, 1.82) is 0 Å². The molecule has 0 aliphatic heterocycles. The molecule has 0 spiro atoms. The summed E-state index contributed by atoms with van der Waals surface area (Å²) in [5.41, 5.74) is 10.2. The average Bonchev–Trinajstić information content (AvgIpc) is 3.47. The summed E-state index contributed by atoms with van der Waals surface area (Å²) in [4.78, 5) is 0.943. The van der Waals surface area contributed by atoms with Crippen LogP contribution in [0.25, 0.3) is 89.0 Å². The van der Waals surface area contributed by atoms with Gasteiger partial charge in [0.15, 0.2) is 46.0 Å². The molecule has 9 heteroatoms. The first-order valence-electron chi connectivity index (χ1n) is 24.1. The Hall–Kier alpha value is -10.4. The smallest absolute Gasteiger partial charge is 0.186 e. The van der Waals surface area contributed by atoms with Crippen LogP contribution in [0.5, 0.6) is 46.0 Å². The quantitative estimate of drug-likeness (QED) is 0.0465. The molecule has 0 aliphatic carbocycles. The van der Waals surface area contributed by atoms with E-state index in [0.29, 0.717) is 5.56 Å². The van der Waals surface area contributed by atoms with Gasteiger partial charge in [-0.05, 0) is 132 Å². The van der Waals surface area contributed by atoms with E-state index in [-0.39, 0.29) is 27.9 Å². The van der Waals surface area contributed by atoms with Gasteiger partial charge in [0.05, 0.1) is 11.1 Å². The third kappa shape index (κ3) is 8.81. The Morgan fingerprint density at radius 2 is 0.413 bits per heavy atom. The van der Waals surface area contributed by atoms with Crippen LogP contribution in [0.3, 0.4) is 0 Å². The topological polar surface area (TPSA) is 165 Å². The number of aromatic hydroxyl groups is 8. The molecule has 11 aromatic rings. The van der Waals surface area contributed by atoms with E-state index in [9.17, 15) is 40.9 Å². The normalized spacial score (nSPS) is 11.1. The Kier molecular flexibility index (Phi) is 12.3. The molecule has 0 saturated heterocycles. The lowest BCUT2D eigenvalue weighted by Crippen LogP contribution is -2.12. The Bertz CT molecular complexity index is 3670. The van der Waals surface area contributed by atoms with E-state index < -0.39 is 57.4 Å². The third-order valence-electron chi connectivity index (χ3n) is 13.5. The van der Waals surface area contributed by atoms with E-state index in [1.165, 1.54) is 0 Å². The molecule has 0 fully saturated rings. The minimum absolute atomic E-state index is 0.0440. The monoisotopic (exact) mass is 981 g/mol. The fourth-order valence-electron chi connectivity index (χ4n) is 9.75. The first-order chi connectivity index (χ1) is 36.5. The Morgan fingerprint density at radius 1 is 0.187 bits per heavy atom. The number of anilines is 3. The number of hydrogen-bond acceptors (Lipinski definition) is 9. The SMILES string of the molecule is Oc1c(O)c(N(c2ccc(-c3cc(-c4cccc(-c5ccccc5)c4)cc(-c4cc(-c5ccccc5)cc(-c5ccccc5)c4)c3)cc2)c2c(O)c(O)c(-c3ccccc3)c(O)c2O)c(O)c(O)c1-c1ccccc1. The Labute approximate surface area is 432 Å². The molecule has 0 heterocycles. The van der Waals surface area contributed by atoms with Crippen LogP contribution in [0, 0.1) is 0 Å². The van der Waals surface area contributed by atoms with E-state index in [2.05, 4.69) is 91.0 Å². The zero-order valence-electron chi connectivity index (χ0n) is 40.0. The van der Waals surface area contributed by atoms with Gasteiger partial charge in [-0.15, -0.1) is 0 Å². The van der Waals surface area contributed by atoms with Crippen LogP contribution in [0.2, 0.25) is 0 Å². The summed E-state index contributed by atoms with van der Waals surface area (Å²) >= 11 is 0. The van der Waals surface area contributed by atoms with Gasteiger partial charge in [0.25, 0.3) is 0 Å². The summed E-state index contributed by atoms with van der Waals surface area (Å²) in [6.45, 7) is 0. The van der Waals surface area contributed by atoms with Gasteiger partial charge in [-0.3, -0.25) is 4.90 Å². The number of nitrogens with zero attached hydrogens (tertiary/aromatic N) is 1. The molecule has 0 radical (unpaired) electrons. The lowest BCUT2D eigenvalue weighted by Gasteiger charge is -2.30. The van der Waals surface area contributed by atoms with Crippen molar-refractivity contribution < 1.29 is 40.9 Å². The third-order valence-corrected chi connectivity index (χ3v) is 13.5. The minimum Gasteiger partial charge on any atom is -0.504 e. The first kappa shape index (κ1) is 47.0. The standard InChI is InChI=1S/C66H47NO8/c68-59-55(44-23-12-4-13-24-44)60(69)64(73)57(63(59)72)67(58-65(74)61(70)56(62(71)66(58)75)45-25-14-5-15-26-45)54-31-29-43(30-32-54)50-35-51(47-28-16-27-46(33-47)40-17-6-1-7-18-40)39-53(38-50)52-36-48(41-19-8-2-9-20-41)34-49(37-52)42-21-10-3-11-22-42/h1-39,68-75H. The second-order valence-corrected chi connectivity index (χ2v) is 18.1. The number of phenols is 8. The van der Waals surface area contributed by atoms with Crippen LogP contribution < -0.4 is 4.90 Å². The highest BCUT2D eigenvalue weighted by atomic mass is 16.3. The molecule has 364 valence electrons. The maximum atomic E-state index is 11.9. The average molecular weight is 982 g/mol. The summed E-state index contributed by atoms with van der Waals surface area (Å²) in [6.07, 6.45) is 0. The fourth-order valence-corrected chi connectivity index (χ4v) is 9.75. The maximum absolute atomic E-state index is 11.9. The summed E-state index contributed by atoms with van der Waals surface area (Å²) in [7, 11) is 0. The van der Waals surface area contributed by atoms with Crippen LogP contribution in [0.4, 0.5) is 17.1 Å². The summed E-state index contributed by atoms with van der Waals surface area (Å²) < 4.78 is 0. The number of phenolic OH excluding ortho intramolecular Hbond substituents is 8. The van der Waals surface area contributed by atoms with Crippen molar-refractivity contribution in [3.8, 4) is 135 Å². The molecule has 8 N–H and O–H groups in total. The molecule has 11 aromatic carbocycles. The van der Waals surface area contributed by atoms with Crippen molar-refractivity contribution in [2.75, 3.05) is 4.90 Å². The molecule has 0 unspecified atom stereocenters. The second-order valence-electron chi connectivity index (χ2n) is 18.1. The van der Waals surface area contributed by atoms with E-state index in [1.54, 1.807) is 84.9 Å². The zero-order valence-corrected chi connectivity index (χ0v) is 40.0. The minimum atomic E-state index is -0.958. The zero-order chi connectivity index (χ0) is 51.7. The molecule has 0 bridgehead atoms. The van der Waals surface area contributed by atoms with Gasteiger partial charge in [-0.2, -0.15) is 0 Å². The van der Waals surface area contributed by atoms with E-state index in [0.717, 1.165) is 66.1 Å². The van der Waals surface area contributed by atoms with Crippen LogP contribution in [0.15, 0.2) is 237 Å². The summed E-state index contributed by atoms with van der Waals surface area (Å²) in [5, 5.41) is 94.2. The fraction of sp³-hybridized carbons (Fsp3) is 0. The molecule has 0 aliphatic rings. The van der Waals surface area contributed by atoms with Gasteiger partial charge in [-0.1, -0.05) is 182 Å². The Morgan fingerprint density at radius 3 is 0.747 bits per heavy atom. The van der Waals surface area contributed by atoms with E-state index in [1.807, 2.05) is 60.7 Å². The number of benzene rings is 11. The molecular weight excluding hydrogens is 935 g/mol. The molecule has 0 amide bonds. The first-order valence-corrected chi connectivity index (χ1v) is 24.1. The van der Waals surface area contributed by atoms with Gasteiger partial charge in [0.1, 0.15) is 11.4 Å². The van der Waals surface area contributed by atoms with Gasteiger partial charge < -0.3 is 40.9 Å². The van der Waals surface area contributed by atoms with Crippen molar-refractivity contribution in [2.24, 2.45) is 0 Å². The van der Waals surface area contributed by atoms with Crippen molar-refractivity contribution >= 4 is 17.1 Å². The van der Waals surface area contributed by atoms with Crippen molar-refractivity contribution in [1.82, 2.24) is 0 Å². The summed E-state index contributed by atoms with van der Waals surface area (Å²) in [6, 6.07) is 74.8. The molecule has 0 atom stereocenters. The van der Waals surface area contributed by atoms with Crippen LogP contribution in [-0.2, 0) is 0 Å².